The van der Waals surface area contributed by atoms with E-state index < -0.39 is 0 Å². The molecule has 0 atom stereocenters. The van der Waals surface area contributed by atoms with E-state index in [0.717, 1.165) is 41.7 Å². The van der Waals surface area contributed by atoms with Gasteiger partial charge in [0.05, 0.1) is 12.9 Å². The van der Waals surface area contributed by atoms with Crippen LogP contribution in [0.1, 0.15) is 24.5 Å². The van der Waals surface area contributed by atoms with Crippen molar-refractivity contribution < 1.29 is 9.47 Å². The van der Waals surface area contributed by atoms with Gasteiger partial charge in [-0.1, -0.05) is 45.2 Å². The summed E-state index contributed by atoms with van der Waals surface area (Å²) in [6.45, 7) is 5.41. The lowest BCUT2D eigenvalue weighted by molar-refractivity contribution is 0.269. The maximum absolute atomic E-state index is 6.25. The fourth-order valence-corrected chi connectivity index (χ4v) is 3.84. The Balaban J connectivity index is 1.59. The van der Waals surface area contributed by atoms with Gasteiger partial charge in [-0.05, 0) is 49.7 Å². The van der Waals surface area contributed by atoms with Gasteiger partial charge in [-0.2, -0.15) is 0 Å². The van der Waals surface area contributed by atoms with E-state index in [1.807, 2.05) is 37.6 Å². The second kappa shape index (κ2) is 11.6. The van der Waals surface area contributed by atoms with Gasteiger partial charge in [-0.25, -0.2) is 4.98 Å². The summed E-state index contributed by atoms with van der Waals surface area (Å²) in [6.07, 6.45) is 6.63. The number of hydrogen-bond donors (Lipinski definition) is 1. The van der Waals surface area contributed by atoms with Crippen molar-refractivity contribution in [1.82, 2.24) is 14.9 Å². The third-order valence-electron chi connectivity index (χ3n) is 4.46. The van der Waals surface area contributed by atoms with Crippen molar-refractivity contribution >= 4 is 39.1 Å². The van der Waals surface area contributed by atoms with Crippen molar-refractivity contribution in [3.8, 4) is 11.5 Å². The van der Waals surface area contributed by atoms with Gasteiger partial charge in [-0.3, -0.25) is 0 Å². The average Bonchev–Trinajstić information content (AvgIpc) is 3.23. The number of hydrogen-bond acceptors (Lipinski definition) is 4. The summed E-state index contributed by atoms with van der Waals surface area (Å²) in [7, 11) is 0. The first-order valence-electron chi connectivity index (χ1n) is 9.75. The van der Waals surface area contributed by atoms with E-state index in [4.69, 9.17) is 32.7 Å². The lowest BCUT2D eigenvalue weighted by Gasteiger charge is -2.16. The fourth-order valence-electron chi connectivity index (χ4n) is 2.92. The van der Waals surface area contributed by atoms with Gasteiger partial charge in [0.2, 0.25) is 0 Å². The molecule has 0 bridgehead atoms. The standard InChI is InChI=1S/C22H24BrCl2N3O2/c1-2-29-21-10-17(13-26-6-3-8-28-9-7-27-15-28)19(23)12-22(21)30-14-16-4-5-18(24)11-20(16)25/h4-5,7,9-12,15,26H,2-3,6,8,13-14H2,1H3. The van der Waals surface area contributed by atoms with Crippen LogP contribution in [0.25, 0.3) is 0 Å². The minimum absolute atomic E-state index is 0.328. The Morgan fingerprint density at radius 3 is 2.67 bits per heavy atom. The van der Waals surface area contributed by atoms with E-state index in [0.29, 0.717) is 34.8 Å². The predicted molar refractivity (Wildman–Crippen MR) is 125 cm³/mol. The van der Waals surface area contributed by atoms with Crippen LogP contribution in [0.15, 0.2) is 53.5 Å². The van der Waals surface area contributed by atoms with Gasteiger partial charge in [-0.15, -0.1) is 0 Å². The van der Waals surface area contributed by atoms with Crippen LogP contribution in [-0.2, 0) is 19.7 Å². The first-order valence-corrected chi connectivity index (χ1v) is 11.3. The minimum atomic E-state index is 0.328. The molecule has 0 aliphatic carbocycles. The highest BCUT2D eigenvalue weighted by Gasteiger charge is 2.12. The van der Waals surface area contributed by atoms with Gasteiger partial charge in [0, 0.05) is 45.6 Å². The molecule has 2 aromatic carbocycles. The molecule has 1 N–H and O–H groups in total. The maximum Gasteiger partial charge on any atom is 0.162 e. The highest BCUT2D eigenvalue weighted by Crippen LogP contribution is 2.35. The molecule has 1 aromatic heterocycles. The Morgan fingerprint density at radius 2 is 1.93 bits per heavy atom. The number of rotatable bonds is 11. The molecule has 160 valence electrons. The quantitative estimate of drug-likeness (QED) is 0.315. The molecule has 30 heavy (non-hydrogen) atoms. The molecule has 3 aromatic rings. The second-order valence-electron chi connectivity index (χ2n) is 6.68. The van der Waals surface area contributed by atoms with E-state index >= 15 is 0 Å². The Labute approximate surface area is 195 Å². The lowest BCUT2D eigenvalue weighted by atomic mass is 10.2. The summed E-state index contributed by atoms with van der Waals surface area (Å²) in [5.41, 5.74) is 1.97. The fraction of sp³-hybridized carbons (Fsp3) is 0.318. The van der Waals surface area contributed by atoms with Crippen LogP contribution in [0.3, 0.4) is 0 Å². The molecule has 0 aliphatic rings. The normalized spacial score (nSPS) is 10.9. The van der Waals surface area contributed by atoms with E-state index in [1.165, 1.54) is 0 Å². The molecule has 0 saturated heterocycles. The number of nitrogens with zero attached hydrogens (tertiary/aromatic N) is 2. The molecule has 0 saturated carbocycles. The van der Waals surface area contributed by atoms with Gasteiger partial charge < -0.3 is 19.4 Å². The van der Waals surface area contributed by atoms with Crippen LogP contribution in [0.2, 0.25) is 10.0 Å². The van der Waals surface area contributed by atoms with Gasteiger partial charge in [0.15, 0.2) is 11.5 Å². The van der Waals surface area contributed by atoms with Gasteiger partial charge in [0.1, 0.15) is 6.61 Å². The molecule has 8 heteroatoms. The molecule has 0 radical (unpaired) electrons. The molecule has 0 amide bonds. The average molecular weight is 513 g/mol. The molecule has 1 heterocycles. The smallest absolute Gasteiger partial charge is 0.162 e. The molecule has 3 rings (SSSR count). The van der Waals surface area contributed by atoms with Crippen molar-refractivity contribution in [1.29, 1.82) is 0 Å². The highest BCUT2D eigenvalue weighted by atomic mass is 79.9. The molecule has 0 spiro atoms. The SMILES string of the molecule is CCOc1cc(CNCCCn2ccnc2)c(Br)cc1OCc1ccc(Cl)cc1Cl. The summed E-state index contributed by atoms with van der Waals surface area (Å²) in [4.78, 5) is 4.06. The topological polar surface area (TPSA) is 48.3 Å². The van der Waals surface area contributed by atoms with Crippen LogP contribution in [0.5, 0.6) is 11.5 Å². The van der Waals surface area contributed by atoms with Crippen molar-refractivity contribution in [2.75, 3.05) is 13.2 Å². The largest absolute Gasteiger partial charge is 0.490 e. The molecule has 0 unspecified atom stereocenters. The lowest BCUT2D eigenvalue weighted by Crippen LogP contribution is -2.16. The van der Waals surface area contributed by atoms with E-state index in [9.17, 15) is 0 Å². The van der Waals surface area contributed by atoms with E-state index in [-0.39, 0.29) is 0 Å². The predicted octanol–water partition coefficient (Wildman–Crippen LogP) is 6.11. The Kier molecular flexibility index (Phi) is 8.88. The van der Waals surface area contributed by atoms with Crippen molar-refractivity contribution in [2.45, 2.75) is 33.0 Å². The second-order valence-corrected chi connectivity index (χ2v) is 8.38. The Bertz CT molecular complexity index is 952. The number of aromatic nitrogens is 2. The maximum atomic E-state index is 6.25. The summed E-state index contributed by atoms with van der Waals surface area (Å²) >= 11 is 15.9. The molecule has 0 aliphatic heterocycles. The number of benzene rings is 2. The molecule has 0 fully saturated rings. The third-order valence-corrected chi connectivity index (χ3v) is 5.78. The van der Waals surface area contributed by atoms with Crippen LogP contribution < -0.4 is 14.8 Å². The minimum Gasteiger partial charge on any atom is -0.490 e. The first kappa shape index (κ1) is 22.9. The molecular formula is C22H24BrCl2N3O2. The van der Waals surface area contributed by atoms with Crippen LogP contribution in [-0.4, -0.2) is 22.7 Å². The third kappa shape index (κ3) is 6.64. The summed E-state index contributed by atoms with van der Waals surface area (Å²) in [6, 6.07) is 9.32. The van der Waals surface area contributed by atoms with Crippen LogP contribution >= 0.6 is 39.1 Å². The molecular weight excluding hydrogens is 489 g/mol. The Hall–Kier alpha value is -1.73. The zero-order valence-electron chi connectivity index (χ0n) is 16.7. The van der Waals surface area contributed by atoms with Gasteiger partial charge >= 0.3 is 0 Å². The van der Waals surface area contributed by atoms with Crippen LogP contribution in [0, 0.1) is 0 Å². The summed E-state index contributed by atoms with van der Waals surface area (Å²) < 4.78 is 14.9. The summed E-state index contributed by atoms with van der Waals surface area (Å²) in [5.74, 6) is 1.37. The Morgan fingerprint density at radius 1 is 1.10 bits per heavy atom. The van der Waals surface area contributed by atoms with Crippen molar-refractivity contribution in [3.05, 3.63) is 74.7 Å². The number of ether oxygens (including phenoxy) is 2. The first-order chi connectivity index (χ1) is 14.6. The number of halogens is 3. The number of imidazole rings is 1. The van der Waals surface area contributed by atoms with Crippen LogP contribution in [0.4, 0.5) is 0 Å². The van der Waals surface area contributed by atoms with Gasteiger partial charge in [0.25, 0.3) is 0 Å². The summed E-state index contributed by atoms with van der Waals surface area (Å²) in [5, 5.41) is 4.65. The highest BCUT2D eigenvalue weighted by molar-refractivity contribution is 9.10. The number of aryl methyl sites for hydroxylation is 1. The van der Waals surface area contributed by atoms with Crippen molar-refractivity contribution in [2.24, 2.45) is 0 Å². The number of nitrogens with one attached hydrogen (secondary N) is 1. The zero-order chi connectivity index (χ0) is 21.3. The zero-order valence-corrected chi connectivity index (χ0v) is 19.8. The van der Waals surface area contributed by atoms with E-state index in [1.54, 1.807) is 18.3 Å². The monoisotopic (exact) mass is 511 g/mol. The van der Waals surface area contributed by atoms with Crippen molar-refractivity contribution in [3.63, 3.8) is 0 Å². The van der Waals surface area contributed by atoms with E-state index in [2.05, 4.69) is 30.8 Å². The molecule has 5 nitrogen and oxygen atoms in total.